The summed E-state index contributed by atoms with van der Waals surface area (Å²) in [4.78, 5) is 11.4. The molecule has 0 radical (unpaired) electrons. The van der Waals surface area contributed by atoms with E-state index >= 15 is 0 Å². The van der Waals surface area contributed by atoms with Gasteiger partial charge >= 0.3 is 0 Å². The predicted molar refractivity (Wildman–Crippen MR) is 45.2 cm³/mol. The lowest BCUT2D eigenvalue weighted by Crippen LogP contribution is -2.00. The molecule has 1 aromatic rings. The fourth-order valence-corrected chi connectivity index (χ4v) is 0.799. The standard InChI is InChI=1S/C6H6ClN5/c1-4-10-5(7)12-6(11-4)9-3-2-8/h8H2,1H3,(H,9,10,11,12). The zero-order valence-corrected chi connectivity index (χ0v) is 7.05. The van der Waals surface area contributed by atoms with Crippen molar-refractivity contribution in [2.45, 2.75) is 6.92 Å². The number of anilines is 1. The molecule has 1 aromatic heterocycles. The van der Waals surface area contributed by atoms with E-state index in [1.807, 2.05) is 0 Å². The van der Waals surface area contributed by atoms with Crippen molar-refractivity contribution in [2.24, 2.45) is 5.73 Å². The molecular weight excluding hydrogens is 178 g/mol. The smallest absolute Gasteiger partial charge is 0.239 e. The Labute approximate surface area is 74.4 Å². The van der Waals surface area contributed by atoms with E-state index in [4.69, 9.17) is 17.3 Å². The van der Waals surface area contributed by atoms with E-state index in [1.54, 1.807) is 6.92 Å². The van der Waals surface area contributed by atoms with Crippen LogP contribution in [-0.4, -0.2) is 15.0 Å². The summed E-state index contributed by atoms with van der Waals surface area (Å²) >= 11 is 5.55. The summed E-state index contributed by atoms with van der Waals surface area (Å²) < 4.78 is 0. The maximum absolute atomic E-state index is 5.55. The molecule has 0 saturated carbocycles. The number of aryl methyl sites for hydroxylation is 1. The number of hydrogen-bond acceptors (Lipinski definition) is 5. The average molecular weight is 184 g/mol. The molecule has 1 rings (SSSR count). The first kappa shape index (κ1) is 8.56. The minimum atomic E-state index is 0.129. The Morgan fingerprint density at radius 2 is 2.17 bits per heavy atom. The number of halogens is 1. The molecule has 0 fully saturated rings. The van der Waals surface area contributed by atoms with Crippen LogP contribution in [0.5, 0.6) is 0 Å². The van der Waals surface area contributed by atoms with Crippen LogP contribution in [0, 0.1) is 19.0 Å². The van der Waals surface area contributed by atoms with E-state index in [1.165, 1.54) is 0 Å². The second-order valence-electron chi connectivity index (χ2n) is 1.87. The number of nitrogens with zero attached hydrogens (tertiary/aromatic N) is 3. The van der Waals surface area contributed by atoms with Gasteiger partial charge in [0, 0.05) is 12.1 Å². The first-order valence-electron chi connectivity index (χ1n) is 3.07. The van der Waals surface area contributed by atoms with Crippen LogP contribution in [0.1, 0.15) is 5.82 Å². The SMILES string of the molecule is Cc1nc(Cl)nc(NC#CN)n1. The third-order valence-corrected chi connectivity index (χ3v) is 1.14. The normalized spacial score (nSPS) is 8.50. The molecule has 6 heteroatoms. The number of nitrogens with one attached hydrogen (secondary N) is 1. The highest BCUT2D eigenvalue weighted by molar-refractivity contribution is 6.28. The second-order valence-corrected chi connectivity index (χ2v) is 2.21. The van der Waals surface area contributed by atoms with Crippen molar-refractivity contribution in [3.05, 3.63) is 11.1 Å². The van der Waals surface area contributed by atoms with E-state index in [9.17, 15) is 0 Å². The van der Waals surface area contributed by atoms with Crippen LogP contribution in [0.25, 0.3) is 0 Å². The van der Waals surface area contributed by atoms with Gasteiger partial charge in [0.15, 0.2) is 0 Å². The summed E-state index contributed by atoms with van der Waals surface area (Å²) in [5.74, 6) is 0.821. The zero-order valence-electron chi connectivity index (χ0n) is 6.30. The molecule has 0 aromatic carbocycles. The van der Waals surface area contributed by atoms with Gasteiger partial charge in [-0.2, -0.15) is 9.97 Å². The summed E-state index contributed by atoms with van der Waals surface area (Å²) in [5.41, 5.74) is 4.92. The van der Waals surface area contributed by atoms with Gasteiger partial charge in [-0.1, -0.05) is 0 Å². The topological polar surface area (TPSA) is 76.7 Å². The van der Waals surface area contributed by atoms with E-state index in [2.05, 4.69) is 32.4 Å². The first-order chi connectivity index (χ1) is 5.72. The summed E-state index contributed by atoms with van der Waals surface area (Å²) in [7, 11) is 0. The van der Waals surface area contributed by atoms with Crippen molar-refractivity contribution < 1.29 is 0 Å². The van der Waals surface area contributed by atoms with E-state index in [0.29, 0.717) is 11.8 Å². The highest BCUT2D eigenvalue weighted by Gasteiger charge is 1.98. The third-order valence-electron chi connectivity index (χ3n) is 0.966. The molecule has 0 unspecified atom stereocenters. The lowest BCUT2D eigenvalue weighted by atomic mass is 10.7. The maximum atomic E-state index is 5.55. The Morgan fingerprint density at radius 3 is 2.75 bits per heavy atom. The summed E-state index contributed by atoms with van der Waals surface area (Å²) in [6, 6.07) is 4.54. The van der Waals surface area contributed by atoms with Crippen LogP contribution in [0.2, 0.25) is 5.28 Å². The largest absolute Gasteiger partial charge is 0.358 e. The van der Waals surface area contributed by atoms with Gasteiger partial charge in [0.2, 0.25) is 11.2 Å². The van der Waals surface area contributed by atoms with Crippen LogP contribution in [0.15, 0.2) is 0 Å². The molecule has 0 atom stereocenters. The van der Waals surface area contributed by atoms with Gasteiger partial charge in [0.1, 0.15) is 5.82 Å². The number of rotatable bonds is 1. The molecular formula is C6H6ClN5. The van der Waals surface area contributed by atoms with Gasteiger partial charge in [-0.25, -0.2) is 4.98 Å². The first-order valence-corrected chi connectivity index (χ1v) is 3.45. The van der Waals surface area contributed by atoms with E-state index in [-0.39, 0.29) is 5.28 Å². The van der Waals surface area contributed by atoms with Crippen molar-refractivity contribution in [1.29, 1.82) is 0 Å². The lowest BCUT2D eigenvalue weighted by molar-refractivity contribution is 0.984. The third kappa shape index (κ3) is 2.25. The van der Waals surface area contributed by atoms with Crippen LogP contribution in [0.3, 0.4) is 0 Å². The number of hydrogen-bond donors (Lipinski definition) is 2. The molecule has 0 saturated heterocycles. The minimum absolute atomic E-state index is 0.129. The Balaban J connectivity index is 2.90. The molecule has 0 aliphatic heterocycles. The molecule has 12 heavy (non-hydrogen) atoms. The van der Waals surface area contributed by atoms with Crippen molar-refractivity contribution >= 4 is 17.5 Å². The predicted octanol–water partition coefficient (Wildman–Crippen LogP) is 0.122. The van der Waals surface area contributed by atoms with Crippen molar-refractivity contribution in [3.8, 4) is 12.1 Å². The molecule has 62 valence electrons. The molecule has 0 spiro atoms. The molecule has 3 N–H and O–H groups in total. The molecule has 1 heterocycles. The number of nitrogens with two attached hydrogens (primary N) is 1. The van der Waals surface area contributed by atoms with Crippen LogP contribution in [-0.2, 0) is 0 Å². The van der Waals surface area contributed by atoms with Crippen molar-refractivity contribution in [1.82, 2.24) is 15.0 Å². The summed E-state index contributed by atoms with van der Waals surface area (Å²) in [6.07, 6.45) is 0. The van der Waals surface area contributed by atoms with Crippen LogP contribution in [0.4, 0.5) is 5.95 Å². The quantitative estimate of drug-likeness (QED) is 0.478. The van der Waals surface area contributed by atoms with Gasteiger partial charge < -0.3 is 5.73 Å². The Morgan fingerprint density at radius 1 is 1.42 bits per heavy atom. The minimum Gasteiger partial charge on any atom is -0.358 e. The summed E-state index contributed by atoms with van der Waals surface area (Å²) in [5, 5.41) is 2.67. The zero-order chi connectivity index (χ0) is 8.97. The average Bonchev–Trinajstić information content (AvgIpc) is 1.99. The van der Waals surface area contributed by atoms with Crippen LogP contribution >= 0.6 is 11.6 Å². The number of aromatic nitrogens is 3. The van der Waals surface area contributed by atoms with Crippen LogP contribution < -0.4 is 11.1 Å². The second kappa shape index (κ2) is 3.74. The van der Waals surface area contributed by atoms with E-state index in [0.717, 1.165) is 0 Å². The fraction of sp³-hybridized carbons (Fsp3) is 0.167. The Hall–Kier alpha value is -1.54. The monoisotopic (exact) mass is 183 g/mol. The fourth-order valence-electron chi connectivity index (χ4n) is 0.597. The molecule has 0 bridgehead atoms. The Kier molecular flexibility index (Phi) is 2.66. The van der Waals surface area contributed by atoms with Gasteiger partial charge in [0.25, 0.3) is 0 Å². The van der Waals surface area contributed by atoms with Gasteiger partial charge in [0.05, 0.1) is 0 Å². The maximum Gasteiger partial charge on any atom is 0.239 e. The molecule has 0 aliphatic rings. The Bertz CT molecular complexity index is 319. The van der Waals surface area contributed by atoms with Gasteiger partial charge in [-0.05, 0) is 18.5 Å². The molecule has 0 amide bonds. The van der Waals surface area contributed by atoms with Crippen molar-refractivity contribution in [2.75, 3.05) is 5.32 Å². The van der Waals surface area contributed by atoms with E-state index < -0.39 is 0 Å². The summed E-state index contributed by atoms with van der Waals surface area (Å²) in [6.45, 7) is 1.70. The van der Waals surface area contributed by atoms with Gasteiger partial charge in [-0.15, -0.1) is 0 Å². The highest BCUT2D eigenvalue weighted by Crippen LogP contribution is 2.03. The molecule has 0 aliphatic carbocycles. The van der Waals surface area contributed by atoms with Crippen molar-refractivity contribution in [3.63, 3.8) is 0 Å². The lowest BCUT2D eigenvalue weighted by Gasteiger charge is -1.97. The highest BCUT2D eigenvalue weighted by atomic mass is 35.5. The van der Waals surface area contributed by atoms with Gasteiger partial charge in [-0.3, -0.25) is 5.32 Å². The molecule has 5 nitrogen and oxygen atoms in total.